The van der Waals surface area contributed by atoms with Crippen LogP contribution in [-0.2, 0) is 6.42 Å². The second kappa shape index (κ2) is 4.82. The highest BCUT2D eigenvalue weighted by Crippen LogP contribution is 2.11. The number of aryl methyl sites for hydroxylation is 1. The van der Waals surface area contributed by atoms with Crippen LogP contribution in [0.3, 0.4) is 0 Å². The van der Waals surface area contributed by atoms with Gasteiger partial charge in [0.25, 0.3) is 5.56 Å². The number of nitriles is 1. The summed E-state index contributed by atoms with van der Waals surface area (Å²) in [6.07, 6.45) is 0.601. The number of aromatic nitrogens is 2. The third kappa shape index (κ3) is 2.15. The predicted molar refractivity (Wildman–Crippen MR) is 55.3 cm³/mol. The number of thioether (sulfide) groups is 1. The monoisotopic (exact) mass is 209 g/mol. The Kier molecular flexibility index (Phi) is 3.72. The highest BCUT2D eigenvalue weighted by Gasteiger charge is 2.08. The van der Waals surface area contributed by atoms with E-state index in [0.29, 0.717) is 17.3 Å². The van der Waals surface area contributed by atoms with Crippen LogP contribution < -0.4 is 5.56 Å². The number of hydrogen-bond acceptors (Lipinski definition) is 4. The van der Waals surface area contributed by atoms with Gasteiger partial charge in [0, 0.05) is 0 Å². The third-order valence-corrected chi connectivity index (χ3v) is 2.46. The Labute approximate surface area is 86.4 Å². The summed E-state index contributed by atoms with van der Waals surface area (Å²) in [5, 5.41) is 9.33. The molecule has 0 aliphatic carbocycles. The fourth-order valence-corrected chi connectivity index (χ4v) is 1.69. The standard InChI is InChI=1S/C9H11N3OS/c1-3-7-6(5-10)8(13)12-9(11-7)14-4-2/h3-4H2,1-2H3,(H,11,12,13). The summed E-state index contributed by atoms with van der Waals surface area (Å²) in [7, 11) is 0. The molecule has 0 amide bonds. The molecule has 0 aliphatic rings. The topological polar surface area (TPSA) is 69.5 Å². The first kappa shape index (κ1) is 10.8. The lowest BCUT2D eigenvalue weighted by molar-refractivity contribution is 0.860. The molecule has 0 bridgehead atoms. The minimum Gasteiger partial charge on any atom is -0.300 e. The number of hydrogen-bond donors (Lipinski definition) is 1. The van der Waals surface area contributed by atoms with Crippen LogP contribution in [-0.4, -0.2) is 15.7 Å². The summed E-state index contributed by atoms with van der Waals surface area (Å²) >= 11 is 1.46. The van der Waals surface area contributed by atoms with Gasteiger partial charge in [-0.15, -0.1) is 0 Å². The van der Waals surface area contributed by atoms with E-state index in [-0.39, 0.29) is 11.1 Å². The van der Waals surface area contributed by atoms with Crippen molar-refractivity contribution in [2.75, 3.05) is 5.75 Å². The van der Waals surface area contributed by atoms with Crippen LogP contribution in [0.4, 0.5) is 0 Å². The van der Waals surface area contributed by atoms with E-state index >= 15 is 0 Å². The van der Waals surface area contributed by atoms with Crippen LogP contribution in [0.5, 0.6) is 0 Å². The molecule has 0 unspecified atom stereocenters. The molecule has 74 valence electrons. The average molecular weight is 209 g/mol. The maximum Gasteiger partial charge on any atom is 0.269 e. The summed E-state index contributed by atoms with van der Waals surface area (Å²) < 4.78 is 0. The fourth-order valence-electron chi connectivity index (χ4n) is 1.07. The number of H-pyrrole nitrogens is 1. The van der Waals surface area contributed by atoms with Crippen molar-refractivity contribution in [1.29, 1.82) is 5.26 Å². The largest absolute Gasteiger partial charge is 0.300 e. The van der Waals surface area contributed by atoms with E-state index in [9.17, 15) is 4.79 Å². The molecular formula is C9H11N3OS. The molecule has 1 rings (SSSR count). The summed E-state index contributed by atoms with van der Waals surface area (Å²) in [6.45, 7) is 3.86. The van der Waals surface area contributed by atoms with Crippen LogP contribution in [0.1, 0.15) is 25.1 Å². The molecule has 5 heteroatoms. The Morgan fingerprint density at radius 3 is 2.79 bits per heavy atom. The van der Waals surface area contributed by atoms with Gasteiger partial charge in [0.05, 0.1) is 5.69 Å². The van der Waals surface area contributed by atoms with Gasteiger partial charge in [-0.1, -0.05) is 25.6 Å². The second-order valence-electron chi connectivity index (χ2n) is 2.59. The first-order chi connectivity index (χ1) is 6.72. The summed E-state index contributed by atoms with van der Waals surface area (Å²) in [4.78, 5) is 18.2. The molecule has 1 aromatic heterocycles. The number of aromatic amines is 1. The SMILES string of the molecule is CCSc1nc(CC)c(C#N)c(=O)[nH]1. The highest BCUT2D eigenvalue weighted by molar-refractivity contribution is 7.99. The Bertz CT molecular complexity index is 419. The molecular weight excluding hydrogens is 198 g/mol. The van der Waals surface area contributed by atoms with Crippen LogP contribution in [0.15, 0.2) is 9.95 Å². The van der Waals surface area contributed by atoms with Crippen molar-refractivity contribution in [2.45, 2.75) is 25.4 Å². The van der Waals surface area contributed by atoms with Crippen molar-refractivity contribution < 1.29 is 0 Å². The Morgan fingerprint density at radius 1 is 1.57 bits per heavy atom. The van der Waals surface area contributed by atoms with Crippen LogP contribution in [0.25, 0.3) is 0 Å². The predicted octanol–water partition coefficient (Wildman–Crippen LogP) is 1.32. The second-order valence-corrected chi connectivity index (χ2v) is 3.84. The molecule has 0 spiro atoms. The number of nitrogens with zero attached hydrogens (tertiary/aromatic N) is 2. The van der Waals surface area contributed by atoms with Gasteiger partial charge in [-0.2, -0.15) is 5.26 Å². The van der Waals surface area contributed by atoms with Gasteiger partial charge in [-0.05, 0) is 12.2 Å². The van der Waals surface area contributed by atoms with Gasteiger partial charge in [0.15, 0.2) is 5.16 Å². The van der Waals surface area contributed by atoms with E-state index in [1.165, 1.54) is 11.8 Å². The molecule has 0 saturated carbocycles. The first-order valence-electron chi connectivity index (χ1n) is 4.39. The Hall–Kier alpha value is -1.28. The van der Waals surface area contributed by atoms with Gasteiger partial charge in [-0.25, -0.2) is 4.98 Å². The van der Waals surface area contributed by atoms with Crippen molar-refractivity contribution in [2.24, 2.45) is 0 Å². The van der Waals surface area contributed by atoms with E-state index in [2.05, 4.69) is 9.97 Å². The lowest BCUT2D eigenvalue weighted by Crippen LogP contribution is -2.16. The van der Waals surface area contributed by atoms with Gasteiger partial charge in [-0.3, -0.25) is 4.79 Å². The smallest absolute Gasteiger partial charge is 0.269 e. The minimum absolute atomic E-state index is 0.132. The van der Waals surface area contributed by atoms with E-state index in [1.54, 1.807) is 0 Å². The van der Waals surface area contributed by atoms with E-state index in [1.807, 2.05) is 19.9 Å². The van der Waals surface area contributed by atoms with Crippen molar-refractivity contribution >= 4 is 11.8 Å². The Morgan fingerprint density at radius 2 is 2.29 bits per heavy atom. The van der Waals surface area contributed by atoms with Crippen LogP contribution in [0.2, 0.25) is 0 Å². The fraction of sp³-hybridized carbons (Fsp3) is 0.444. The third-order valence-electron chi connectivity index (χ3n) is 1.70. The molecule has 0 aromatic carbocycles. The molecule has 0 radical (unpaired) electrons. The van der Waals surface area contributed by atoms with Crippen molar-refractivity contribution in [1.82, 2.24) is 9.97 Å². The van der Waals surface area contributed by atoms with Gasteiger partial charge >= 0.3 is 0 Å². The van der Waals surface area contributed by atoms with Crippen LogP contribution >= 0.6 is 11.8 Å². The molecule has 0 aliphatic heterocycles. The lowest BCUT2D eigenvalue weighted by atomic mass is 10.2. The van der Waals surface area contributed by atoms with Crippen molar-refractivity contribution in [3.63, 3.8) is 0 Å². The Balaban J connectivity index is 3.26. The molecule has 0 atom stereocenters. The zero-order chi connectivity index (χ0) is 10.6. The summed E-state index contributed by atoms with van der Waals surface area (Å²) in [5.74, 6) is 0.845. The molecule has 1 heterocycles. The zero-order valence-corrected chi connectivity index (χ0v) is 8.94. The quantitative estimate of drug-likeness (QED) is 0.602. The maximum absolute atomic E-state index is 11.4. The average Bonchev–Trinajstić information content (AvgIpc) is 2.17. The maximum atomic E-state index is 11.4. The molecule has 0 fully saturated rings. The van der Waals surface area contributed by atoms with Gasteiger partial charge < -0.3 is 4.98 Å². The van der Waals surface area contributed by atoms with Crippen molar-refractivity contribution in [3.05, 3.63) is 21.6 Å². The molecule has 1 N–H and O–H groups in total. The molecule has 0 saturated heterocycles. The van der Waals surface area contributed by atoms with Crippen molar-refractivity contribution in [3.8, 4) is 6.07 Å². The normalized spacial score (nSPS) is 9.79. The first-order valence-corrected chi connectivity index (χ1v) is 5.37. The lowest BCUT2D eigenvalue weighted by Gasteiger charge is -2.02. The van der Waals surface area contributed by atoms with E-state index in [4.69, 9.17) is 5.26 Å². The number of nitrogens with one attached hydrogen (secondary N) is 1. The number of rotatable bonds is 3. The molecule has 4 nitrogen and oxygen atoms in total. The van der Waals surface area contributed by atoms with E-state index < -0.39 is 0 Å². The van der Waals surface area contributed by atoms with Crippen LogP contribution in [0, 0.1) is 11.3 Å². The molecule has 14 heavy (non-hydrogen) atoms. The summed E-state index contributed by atoms with van der Waals surface area (Å²) in [5.41, 5.74) is 0.371. The minimum atomic E-state index is -0.338. The summed E-state index contributed by atoms with van der Waals surface area (Å²) in [6, 6.07) is 1.87. The zero-order valence-electron chi connectivity index (χ0n) is 8.13. The van der Waals surface area contributed by atoms with Gasteiger partial charge in [0.1, 0.15) is 11.6 Å². The van der Waals surface area contributed by atoms with Gasteiger partial charge in [0.2, 0.25) is 0 Å². The highest BCUT2D eigenvalue weighted by atomic mass is 32.2. The van der Waals surface area contributed by atoms with E-state index in [0.717, 1.165) is 5.75 Å². The molecule has 1 aromatic rings.